The van der Waals surface area contributed by atoms with Crippen LogP contribution < -0.4 is 10.1 Å². The fraction of sp³-hybridized carbons (Fsp3) is 0.444. The van der Waals surface area contributed by atoms with Crippen LogP contribution in [0.5, 0.6) is 5.75 Å². The number of methoxy groups -OCH3 is 1. The molecule has 2 aromatic rings. The first-order chi connectivity index (χ1) is 10.1. The zero-order valence-electron chi connectivity index (χ0n) is 13.4. The summed E-state index contributed by atoms with van der Waals surface area (Å²) >= 11 is 0. The highest BCUT2D eigenvalue weighted by Crippen LogP contribution is 2.26. The largest absolute Gasteiger partial charge is 0.497 e. The number of rotatable bonds is 7. The highest BCUT2D eigenvalue weighted by atomic mass is 16.5. The lowest BCUT2D eigenvalue weighted by molar-refractivity contribution is 0.413. The Balaban J connectivity index is 2.21. The van der Waals surface area contributed by atoms with E-state index in [0.29, 0.717) is 0 Å². The van der Waals surface area contributed by atoms with Crippen LogP contribution in [0, 0.1) is 13.8 Å². The van der Waals surface area contributed by atoms with E-state index in [1.165, 1.54) is 11.1 Å². The van der Waals surface area contributed by atoms with Crippen molar-refractivity contribution in [1.29, 1.82) is 0 Å². The van der Waals surface area contributed by atoms with Crippen LogP contribution in [0.1, 0.15) is 42.0 Å². The van der Waals surface area contributed by atoms with Gasteiger partial charge in [0.2, 0.25) is 0 Å². The minimum atomic E-state index is 0.273. The average Bonchev–Trinajstić information content (AvgIpc) is 2.82. The number of aryl methyl sites for hydroxylation is 2. The van der Waals surface area contributed by atoms with Crippen molar-refractivity contribution in [3.05, 3.63) is 53.0 Å². The Kier molecular flexibility index (Phi) is 5.45. The first-order valence-corrected chi connectivity index (χ1v) is 7.57. The van der Waals surface area contributed by atoms with Gasteiger partial charge in [-0.1, -0.05) is 19.1 Å². The smallest absolute Gasteiger partial charge is 0.119 e. The van der Waals surface area contributed by atoms with E-state index in [2.05, 4.69) is 30.4 Å². The summed E-state index contributed by atoms with van der Waals surface area (Å²) in [5.74, 6) is 2.88. The van der Waals surface area contributed by atoms with Crippen molar-refractivity contribution in [1.82, 2.24) is 5.32 Å². The maximum absolute atomic E-state index is 5.69. The van der Waals surface area contributed by atoms with Crippen LogP contribution in [0.15, 0.2) is 34.7 Å². The number of hydrogen-bond donors (Lipinski definition) is 1. The second-order valence-corrected chi connectivity index (χ2v) is 5.43. The Morgan fingerprint density at radius 2 is 2.05 bits per heavy atom. The minimum absolute atomic E-state index is 0.273. The van der Waals surface area contributed by atoms with E-state index in [1.807, 2.05) is 26.0 Å². The molecule has 3 heteroatoms. The highest BCUT2D eigenvalue weighted by molar-refractivity contribution is 5.31. The van der Waals surface area contributed by atoms with Crippen molar-refractivity contribution in [3.63, 3.8) is 0 Å². The van der Waals surface area contributed by atoms with E-state index in [4.69, 9.17) is 9.15 Å². The monoisotopic (exact) mass is 287 g/mol. The van der Waals surface area contributed by atoms with Gasteiger partial charge in [0.15, 0.2) is 0 Å². The van der Waals surface area contributed by atoms with Gasteiger partial charge in [-0.3, -0.25) is 0 Å². The van der Waals surface area contributed by atoms with Gasteiger partial charge in [0.25, 0.3) is 0 Å². The summed E-state index contributed by atoms with van der Waals surface area (Å²) in [4.78, 5) is 0. The van der Waals surface area contributed by atoms with Gasteiger partial charge in [-0.25, -0.2) is 0 Å². The summed E-state index contributed by atoms with van der Waals surface area (Å²) in [6.07, 6.45) is 2.04. The molecule has 21 heavy (non-hydrogen) atoms. The van der Waals surface area contributed by atoms with Crippen LogP contribution in [-0.4, -0.2) is 13.7 Å². The molecule has 0 aliphatic heterocycles. The van der Waals surface area contributed by atoms with Gasteiger partial charge in [-0.05, 0) is 57.0 Å². The van der Waals surface area contributed by atoms with Crippen LogP contribution in [0.25, 0.3) is 0 Å². The molecule has 0 radical (unpaired) electrons. The molecule has 0 saturated heterocycles. The van der Waals surface area contributed by atoms with Crippen LogP contribution in [0.3, 0.4) is 0 Å². The Labute approximate surface area is 127 Å². The van der Waals surface area contributed by atoms with E-state index >= 15 is 0 Å². The molecular formula is C18H25NO2. The maximum atomic E-state index is 5.69. The summed E-state index contributed by atoms with van der Waals surface area (Å²) in [7, 11) is 1.70. The molecule has 0 amide bonds. The molecule has 1 aromatic carbocycles. The third-order valence-electron chi connectivity index (χ3n) is 3.67. The van der Waals surface area contributed by atoms with Crippen molar-refractivity contribution < 1.29 is 9.15 Å². The first kappa shape index (κ1) is 15.6. The highest BCUT2D eigenvalue weighted by Gasteiger charge is 2.17. The van der Waals surface area contributed by atoms with Gasteiger partial charge in [0, 0.05) is 11.6 Å². The molecule has 0 bridgehead atoms. The van der Waals surface area contributed by atoms with E-state index in [-0.39, 0.29) is 6.04 Å². The van der Waals surface area contributed by atoms with E-state index in [0.717, 1.165) is 36.7 Å². The number of hydrogen-bond acceptors (Lipinski definition) is 3. The van der Waals surface area contributed by atoms with E-state index in [1.54, 1.807) is 7.11 Å². The van der Waals surface area contributed by atoms with Crippen LogP contribution in [-0.2, 0) is 6.42 Å². The Morgan fingerprint density at radius 3 is 2.67 bits per heavy atom. The summed E-state index contributed by atoms with van der Waals surface area (Å²) in [5.41, 5.74) is 2.52. The first-order valence-electron chi connectivity index (χ1n) is 7.57. The molecule has 1 unspecified atom stereocenters. The van der Waals surface area contributed by atoms with Crippen molar-refractivity contribution in [2.45, 2.75) is 39.7 Å². The van der Waals surface area contributed by atoms with Crippen molar-refractivity contribution in [2.24, 2.45) is 0 Å². The molecule has 0 fully saturated rings. The summed E-state index contributed by atoms with van der Waals surface area (Å²) < 4.78 is 11.0. The quantitative estimate of drug-likeness (QED) is 0.829. The molecule has 3 nitrogen and oxygen atoms in total. The van der Waals surface area contributed by atoms with Gasteiger partial charge >= 0.3 is 0 Å². The van der Waals surface area contributed by atoms with Gasteiger partial charge in [0.1, 0.15) is 17.3 Å². The summed E-state index contributed by atoms with van der Waals surface area (Å²) in [6.45, 7) is 7.22. The molecule has 114 valence electrons. The van der Waals surface area contributed by atoms with Crippen LogP contribution >= 0.6 is 0 Å². The minimum Gasteiger partial charge on any atom is -0.497 e. The van der Waals surface area contributed by atoms with Gasteiger partial charge in [-0.2, -0.15) is 0 Å². The van der Waals surface area contributed by atoms with Gasteiger partial charge in [0.05, 0.1) is 7.11 Å². The summed E-state index contributed by atoms with van der Waals surface area (Å²) in [5, 5.41) is 3.63. The maximum Gasteiger partial charge on any atom is 0.119 e. The third kappa shape index (κ3) is 4.11. The molecule has 1 heterocycles. The molecule has 0 aliphatic carbocycles. The molecule has 0 aliphatic rings. The Morgan fingerprint density at radius 1 is 1.24 bits per heavy atom. The molecule has 2 rings (SSSR count). The lowest BCUT2D eigenvalue weighted by atomic mass is 9.98. The molecule has 1 atom stereocenters. The number of nitrogens with one attached hydrogen (secondary N) is 1. The predicted octanol–water partition coefficient (Wildman–Crippen LogP) is 4.19. The standard InChI is InChI=1S/C18H25NO2/c1-5-9-19-18(17-10-13(2)21-14(17)3)12-15-7-6-8-16(11-15)20-4/h6-8,10-11,18-19H,5,9,12H2,1-4H3. The second kappa shape index (κ2) is 7.32. The van der Waals surface area contributed by atoms with Gasteiger partial charge in [-0.15, -0.1) is 0 Å². The fourth-order valence-electron chi connectivity index (χ4n) is 2.64. The van der Waals surface area contributed by atoms with Crippen molar-refractivity contribution in [3.8, 4) is 5.75 Å². The third-order valence-corrected chi connectivity index (χ3v) is 3.67. The number of ether oxygens (including phenoxy) is 1. The Hall–Kier alpha value is -1.74. The van der Waals surface area contributed by atoms with Crippen LogP contribution in [0.2, 0.25) is 0 Å². The molecule has 1 N–H and O–H groups in total. The average molecular weight is 287 g/mol. The van der Waals surface area contributed by atoms with Gasteiger partial charge < -0.3 is 14.5 Å². The fourth-order valence-corrected chi connectivity index (χ4v) is 2.64. The topological polar surface area (TPSA) is 34.4 Å². The zero-order chi connectivity index (χ0) is 15.2. The zero-order valence-corrected chi connectivity index (χ0v) is 13.4. The summed E-state index contributed by atoms with van der Waals surface area (Å²) in [6, 6.07) is 10.7. The molecule has 0 saturated carbocycles. The van der Waals surface area contributed by atoms with Crippen molar-refractivity contribution >= 4 is 0 Å². The number of furan rings is 1. The Bertz CT molecular complexity index is 574. The number of benzene rings is 1. The lowest BCUT2D eigenvalue weighted by Crippen LogP contribution is -2.24. The molecule has 1 aromatic heterocycles. The second-order valence-electron chi connectivity index (χ2n) is 5.43. The molecular weight excluding hydrogens is 262 g/mol. The normalized spacial score (nSPS) is 12.4. The predicted molar refractivity (Wildman–Crippen MR) is 85.9 cm³/mol. The lowest BCUT2D eigenvalue weighted by Gasteiger charge is -2.18. The SMILES string of the molecule is CCCNC(Cc1cccc(OC)c1)c1cc(C)oc1C. The van der Waals surface area contributed by atoms with E-state index in [9.17, 15) is 0 Å². The van der Waals surface area contributed by atoms with Crippen molar-refractivity contribution in [2.75, 3.05) is 13.7 Å². The molecule has 0 spiro atoms. The van der Waals surface area contributed by atoms with E-state index < -0.39 is 0 Å². The van der Waals surface area contributed by atoms with Crippen LogP contribution in [0.4, 0.5) is 0 Å².